The second-order valence-corrected chi connectivity index (χ2v) is 2.79. The zero-order chi connectivity index (χ0) is 12.6. The molecular weight excluding hydrogens is 202 g/mol. The number of ether oxygens (including phenoxy) is 1. The van der Waals surface area contributed by atoms with Crippen LogP contribution in [-0.4, -0.2) is 12.5 Å². The predicted molar refractivity (Wildman–Crippen MR) is 68.0 cm³/mol. The number of aryl methyl sites for hydroxylation is 1. The standard InChI is InChI=1S/C9H9NO2.2C2H6/c1-6-3-2-4-7-9(6)12-5-8(11)10-7;2*1-2/h2-4H,5H2,1H3,(H,10,11);2*1-2H3. The quantitative estimate of drug-likeness (QED) is 0.732. The molecule has 0 radical (unpaired) electrons. The van der Waals surface area contributed by atoms with E-state index in [0.29, 0.717) is 0 Å². The van der Waals surface area contributed by atoms with E-state index in [1.54, 1.807) is 0 Å². The van der Waals surface area contributed by atoms with E-state index in [2.05, 4.69) is 5.32 Å². The molecule has 0 saturated carbocycles. The summed E-state index contributed by atoms with van der Waals surface area (Å²) in [5.74, 6) is 0.699. The molecule has 1 aliphatic rings. The fourth-order valence-corrected chi connectivity index (χ4v) is 1.27. The van der Waals surface area contributed by atoms with Crippen LogP contribution in [0.3, 0.4) is 0 Å². The lowest BCUT2D eigenvalue weighted by Crippen LogP contribution is -2.25. The highest BCUT2D eigenvalue weighted by Gasteiger charge is 2.16. The number of rotatable bonds is 0. The van der Waals surface area contributed by atoms with Crippen molar-refractivity contribution in [2.24, 2.45) is 0 Å². The molecule has 0 fully saturated rings. The highest BCUT2D eigenvalue weighted by molar-refractivity contribution is 5.95. The normalized spacial score (nSPS) is 11.7. The molecule has 1 heterocycles. The molecule has 90 valence electrons. The van der Waals surface area contributed by atoms with E-state index in [1.807, 2.05) is 52.8 Å². The first-order chi connectivity index (χ1) is 7.77. The lowest BCUT2D eigenvalue weighted by Gasteiger charge is -2.19. The molecular formula is C13H21NO2. The molecule has 1 amide bonds. The van der Waals surface area contributed by atoms with Gasteiger partial charge in [-0.15, -0.1) is 0 Å². The zero-order valence-electron chi connectivity index (χ0n) is 10.8. The third-order valence-corrected chi connectivity index (χ3v) is 1.83. The van der Waals surface area contributed by atoms with E-state index in [-0.39, 0.29) is 12.5 Å². The molecule has 3 nitrogen and oxygen atoms in total. The van der Waals surface area contributed by atoms with E-state index >= 15 is 0 Å². The van der Waals surface area contributed by atoms with Gasteiger partial charge in [-0.05, 0) is 18.6 Å². The Hall–Kier alpha value is -1.51. The number of anilines is 1. The van der Waals surface area contributed by atoms with Gasteiger partial charge in [0.15, 0.2) is 6.61 Å². The molecule has 0 aliphatic carbocycles. The van der Waals surface area contributed by atoms with Gasteiger partial charge in [-0.25, -0.2) is 0 Å². The lowest BCUT2D eigenvalue weighted by atomic mass is 10.2. The first-order valence-corrected chi connectivity index (χ1v) is 5.79. The minimum atomic E-state index is -0.0897. The summed E-state index contributed by atoms with van der Waals surface area (Å²) in [4.78, 5) is 10.9. The Balaban J connectivity index is 0.000000509. The van der Waals surface area contributed by atoms with Crippen molar-refractivity contribution in [3.8, 4) is 5.75 Å². The minimum absolute atomic E-state index is 0.0897. The number of hydrogen-bond donors (Lipinski definition) is 1. The predicted octanol–water partition coefficient (Wildman–Crippen LogP) is 3.38. The number of fused-ring (bicyclic) bond motifs is 1. The summed E-state index contributed by atoms with van der Waals surface area (Å²) in [5, 5.41) is 2.74. The fraction of sp³-hybridized carbons (Fsp3) is 0.462. The van der Waals surface area contributed by atoms with E-state index in [4.69, 9.17) is 4.74 Å². The maximum atomic E-state index is 10.9. The number of hydrogen-bond acceptors (Lipinski definition) is 2. The van der Waals surface area contributed by atoms with Gasteiger partial charge in [0.05, 0.1) is 5.69 Å². The first-order valence-electron chi connectivity index (χ1n) is 5.79. The number of carbonyl (C=O) groups is 1. The fourth-order valence-electron chi connectivity index (χ4n) is 1.27. The zero-order valence-corrected chi connectivity index (χ0v) is 10.8. The van der Waals surface area contributed by atoms with Crippen LogP contribution in [0.5, 0.6) is 5.75 Å². The molecule has 1 N–H and O–H groups in total. The van der Waals surface area contributed by atoms with Crippen molar-refractivity contribution in [3.05, 3.63) is 23.8 Å². The summed E-state index contributed by atoms with van der Waals surface area (Å²) in [6.45, 7) is 10.1. The molecule has 0 bridgehead atoms. The molecule has 0 aromatic heterocycles. The van der Waals surface area contributed by atoms with Gasteiger partial charge >= 0.3 is 0 Å². The van der Waals surface area contributed by atoms with Crippen molar-refractivity contribution in [3.63, 3.8) is 0 Å². The maximum absolute atomic E-state index is 10.9. The molecule has 0 unspecified atom stereocenters. The average molecular weight is 223 g/mol. The van der Waals surface area contributed by atoms with Crippen LogP contribution in [0.25, 0.3) is 0 Å². The summed E-state index contributed by atoms with van der Waals surface area (Å²) >= 11 is 0. The van der Waals surface area contributed by atoms with Crippen LogP contribution in [0.1, 0.15) is 33.3 Å². The Labute approximate surface area is 97.8 Å². The second kappa shape index (κ2) is 7.74. The highest BCUT2D eigenvalue weighted by atomic mass is 16.5. The summed E-state index contributed by atoms with van der Waals surface area (Å²) in [6.07, 6.45) is 0. The van der Waals surface area contributed by atoms with Crippen LogP contribution in [0.4, 0.5) is 5.69 Å². The summed E-state index contributed by atoms with van der Waals surface area (Å²) < 4.78 is 5.25. The largest absolute Gasteiger partial charge is 0.481 e. The molecule has 3 heteroatoms. The van der Waals surface area contributed by atoms with E-state index in [9.17, 15) is 4.79 Å². The third kappa shape index (κ3) is 3.57. The van der Waals surface area contributed by atoms with Crippen molar-refractivity contribution in [1.82, 2.24) is 0 Å². The van der Waals surface area contributed by atoms with Crippen molar-refractivity contribution >= 4 is 11.6 Å². The topological polar surface area (TPSA) is 38.3 Å². The van der Waals surface area contributed by atoms with Crippen LogP contribution in [0, 0.1) is 6.92 Å². The molecule has 2 rings (SSSR count). The summed E-state index contributed by atoms with van der Waals surface area (Å²) in [5.41, 5.74) is 1.82. The van der Waals surface area contributed by atoms with Gasteiger partial charge in [0.2, 0.25) is 0 Å². The van der Waals surface area contributed by atoms with Gasteiger partial charge in [-0.1, -0.05) is 39.8 Å². The number of benzene rings is 1. The Kier molecular flexibility index (Phi) is 7.01. The van der Waals surface area contributed by atoms with E-state index < -0.39 is 0 Å². The molecule has 1 aliphatic heterocycles. The highest BCUT2D eigenvalue weighted by Crippen LogP contribution is 2.30. The van der Waals surface area contributed by atoms with Crippen molar-refractivity contribution in [2.45, 2.75) is 34.6 Å². The van der Waals surface area contributed by atoms with Gasteiger partial charge in [0.1, 0.15) is 5.75 Å². The van der Waals surface area contributed by atoms with Gasteiger partial charge in [0, 0.05) is 0 Å². The van der Waals surface area contributed by atoms with Gasteiger partial charge in [0.25, 0.3) is 5.91 Å². The average Bonchev–Trinajstić information content (AvgIpc) is 2.34. The smallest absolute Gasteiger partial charge is 0.262 e. The Morgan fingerprint density at radius 2 is 1.81 bits per heavy atom. The molecule has 16 heavy (non-hydrogen) atoms. The van der Waals surface area contributed by atoms with Crippen LogP contribution in [0.15, 0.2) is 18.2 Å². The minimum Gasteiger partial charge on any atom is -0.481 e. The number of para-hydroxylation sites is 1. The Morgan fingerprint density at radius 1 is 1.19 bits per heavy atom. The Morgan fingerprint density at radius 3 is 2.44 bits per heavy atom. The van der Waals surface area contributed by atoms with Crippen LogP contribution < -0.4 is 10.1 Å². The third-order valence-electron chi connectivity index (χ3n) is 1.83. The van der Waals surface area contributed by atoms with Crippen molar-refractivity contribution in [2.75, 3.05) is 11.9 Å². The molecule has 1 aromatic rings. The Bertz CT molecular complexity index is 335. The number of amides is 1. The molecule has 1 aromatic carbocycles. The number of nitrogens with one attached hydrogen (secondary N) is 1. The molecule has 0 spiro atoms. The van der Waals surface area contributed by atoms with Gasteiger partial charge < -0.3 is 10.1 Å². The summed E-state index contributed by atoms with van der Waals surface area (Å²) in [7, 11) is 0. The van der Waals surface area contributed by atoms with E-state index in [0.717, 1.165) is 17.0 Å². The number of carbonyl (C=O) groups excluding carboxylic acids is 1. The second-order valence-electron chi connectivity index (χ2n) is 2.79. The monoisotopic (exact) mass is 223 g/mol. The van der Waals surface area contributed by atoms with Gasteiger partial charge in [-0.2, -0.15) is 0 Å². The maximum Gasteiger partial charge on any atom is 0.262 e. The molecule has 0 atom stereocenters. The first kappa shape index (κ1) is 14.5. The van der Waals surface area contributed by atoms with E-state index in [1.165, 1.54) is 0 Å². The van der Waals surface area contributed by atoms with Gasteiger partial charge in [-0.3, -0.25) is 4.79 Å². The summed E-state index contributed by atoms with van der Waals surface area (Å²) in [6, 6.07) is 5.68. The van der Waals surface area contributed by atoms with Crippen molar-refractivity contribution < 1.29 is 9.53 Å². The molecule has 0 saturated heterocycles. The SMILES string of the molecule is CC.CC.Cc1cccc2c1OCC(=O)N2. The lowest BCUT2D eigenvalue weighted by molar-refractivity contribution is -0.118. The van der Waals surface area contributed by atoms with Crippen molar-refractivity contribution in [1.29, 1.82) is 0 Å². The van der Waals surface area contributed by atoms with Crippen LogP contribution in [-0.2, 0) is 4.79 Å². The van der Waals surface area contributed by atoms with Crippen LogP contribution in [0.2, 0.25) is 0 Å². The van der Waals surface area contributed by atoms with Crippen LogP contribution >= 0.6 is 0 Å².